The highest BCUT2D eigenvalue weighted by molar-refractivity contribution is 6.02. The van der Waals surface area contributed by atoms with E-state index in [9.17, 15) is 14.0 Å². The van der Waals surface area contributed by atoms with Crippen LogP contribution in [0.3, 0.4) is 0 Å². The molecule has 128 valence electrons. The Morgan fingerprint density at radius 3 is 2.76 bits per heavy atom. The number of aromatic nitrogens is 2. The van der Waals surface area contributed by atoms with Crippen LogP contribution in [0.1, 0.15) is 17.0 Å². The summed E-state index contributed by atoms with van der Waals surface area (Å²) in [6.07, 6.45) is 1.77. The number of halogens is 1. The Balaban J connectivity index is 1.68. The number of nitrogens with one attached hydrogen (secondary N) is 1. The van der Waals surface area contributed by atoms with Crippen molar-refractivity contribution in [2.75, 3.05) is 5.32 Å². The molecule has 0 aliphatic carbocycles. The lowest BCUT2D eigenvalue weighted by Gasteiger charge is -2.01. The van der Waals surface area contributed by atoms with Crippen LogP contribution in [0.15, 0.2) is 53.1 Å². The van der Waals surface area contributed by atoms with Crippen LogP contribution in [0.4, 0.5) is 10.2 Å². The lowest BCUT2D eigenvalue weighted by Crippen LogP contribution is -2.15. The van der Waals surface area contributed by atoms with Gasteiger partial charge in [-0.05, 0) is 24.3 Å². The second-order valence-corrected chi connectivity index (χ2v) is 5.28. The van der Waals surface area contributed by atoms with Crippen molar-refractivity contribution in [1.82, 2.24) is 9.78 Å². The lowest BCUT2D eigenvalue weighted by atomic mass is 10.1. The SMILES string of the molecule is NC(=O)CCn1ccc(NC(=O)c2ccc(-c3ccccc3F)o2)n1. The summed E-state index contributed by atoms with van der Waals surface area (Å²) in [6.45, 7) is 0.323. The Morgan fingerprint density at radius 1 is 1.20 bits per heavy atom. The first-order valence-electron chi connectivity index (χ1n) is 7.51. The first-order valence-corrected chi connectivity index (χ1v) is 7.51. The molecule has 0 bridgehead atoms. The number of benzene rings is 1. The van der Waals surface area contributed by atoms with Crippen LogP contribution in [0.5, 0.6) is 0 Å². The number of primary amides is 1. The van der Waals surface area contributed by atoms with Gasteiger partial charge >= 0.3 is 0 Å². The highest BCUT2D eigenvalue weighted by atomic mass is 19.1. The summed E-state index contributed by atoms with van der Waals surface area (Å²) in [5, 5.41) is 6.67. The summed E-state index contributed by atoms with van der Waals surface area (Å²) in [7, 11) is 0. The van der Waals surface area contributed by atoms with E-state index in [4.69, 9.17) is 10.2 Å². The van der Waals surface area contributed by atoms with Gasteiger partial charge in [-0.1, -0.05) is 12.1 Å². The second kappa shape index (κ2) is 7.00. The number of carbonyl (C=O) groups excluding carboxylic acids is 2. The average molecular weight is 342 g/mol. The summed E-state index contributed by atoms with van der Waals surface area (Å²) in [6, 6.07) is 10.7. The smallest absolute Gasteiger partial charge is 0.292 e. The van der Waals surface area contributed by atoms with Gasteiger partial charge in [0.05, 0.1) is 5.56 Å². The molecule has 2 amide bonds. The fourth-order valence-electron chi connectivity index (χ4n) is 2.22. The van der Waals surface area contributed by atoms with Crippen LogP contribution < -0.4 is 11.1 Å². The third kappa shape index (κ3) is 3.92. The molecule has 3 aromatic rings. The summed E-state index contributed by atoms with van der Waals surface area (Å²) in [5.74, 6) is -0.782. The monoisotopic (exact) mass is 342 g/mol. The van der Waals surface area contributed by atoms with Crippen LogP contribution in [0, 0.1) is 5.82 Å². The molecule has 1 aromatic carbocycles. The number of furan rings is 1. The fraction of sp³-hybridized carbons (Fsp3) is 0.118. The van der Waals surface area contributed by atoms with Crippen molar-refractivity contribution in [3.63, 3.8) is 0 Å². The van der Waals surface area contributed by atoms with Crippen molar-refractivity contribution in [1.29, 1.82) is 0 Å². The number of carbonyl (C=O) groups is 2. The maximum absolute atomic E-state index is 13.8. The fourth-order valence-corrected chi connectivity index (χ4v) is 2.22. The average Bonchev–Trinajstić information content (AvgIpc) is 3.23. The molecule has 0 saturated carbocycles. The van der Waals surface area contributed by atoms with Gasteiger partial charge in [0.15, 0.2) is 11.6 Å². The molecule has 0 unspecified atom stereocenters. The Labute approximate surface area is 142 Å². The molecule has 0 radical (unpaired) electrons. The van der Waals surface area contributed by atoms with Gasteiger partial charge < -0.3 is 15.5 Å². The molecule has 2 heterocycles. The molecule has 3 rings (SSSR count). The third-order valence-electron chi connectivity index (χ3n) is 3.44. The van der Waals surface area contributed by atoms with E-state index < -0.39 is 17.6 Å². The zero-order chi connectivity index (χ0) is 17.8. The van der Waals surface area contributed by atoms with Crippen molar-refractivity contribution in [3.05, 3.63) is 60.2 Å². The molecular formula is C17H15FN4O3. The highest BCUT2D eigenvalue weighted by Gasteiger charge is 2.15. The van der Waals surface area contributed by atoms with Crippen molar-refractivity contribution in [2.24, 2.45) is 5.73 Å². The Morgan fingerprint density at radius 2 is 2.00 bits per heavy atom. The number of nitrogens with zero attached hydrogens (tertiary/aromatic N) is 2. The first kappa shape index (κ1) is 16.4. The summed E-state index contributed by atoms with van der Waals surface area (Å²) >= 11 is 0. The van der Waals surface area contributed by atoms with Crippen LogP contribution in [0.25, 0.3) is 11.3 Å². The zero-order valence-electron chi connectivity index (χ0n) is 13.1. The second-order valence-electron chi connectivity index (χ2n) is 5.28. The van der Waals surface area contributed by atoms with E-state index in [0.717, 1.165) is 0 Å². The molecule has 2 aromatic heterocycles. The summed E-state index contributed by atoms with van der Waals surface area (Å²) in [4.78, 5) is 23.0. The van der Waals surface area contributed by atoms with E-state index in [1.54, 1.807) is 30.5 Å². The van der Waals surface area contributed by atoms with Crippen LogP contribution in [-0.2, 0) is 11.3 Å². The molecule has 0 atom stereocenters. The number of rotatable bonds is 6. The van der Waals surface area contributed by atoms with Crippen molar-refractivity contribution in [3.8, 4) is 11.3 Å². The lowest BCUT2D eigenvalue weighted by molar-refractivity contribution is -0.118. The van der Waals surface area contributed by atoms with Crippen molar-refractivity contribution < 1.29 is 18.4 Å². The predicted octanol–water partition coefficient (Wildman–Crippen LogP) is 2.41. The summed E-state index contributed by atoms with van der Waals surface area (Å²) < 4.78 is 20.7. The highest BCUT2D eigenvalue weighted by Crippen LogP contribution is 2.25. The van der Waals surface area contributed by atoms with Crippen molar-refractivity contribution in [2.45, 2.75) is 13.0 Å². The molecule has 0 aliphatic heterocycles. The Kier molecular flexibility index (Phi) is 4.60. The molecule has 0 saturated heterocycles. The van der Waals surface area contributed by atoms with Gasteiger partial charge in [-0.2, -0.15) is 5.10 Å². The number of aryl methyl sites for hydroxylation is 1. The van der Waals surface area contributed by atoms with E-state index in [0.29, 0.717) is 12.4 Å². The van der Waals surface area contributed by atoms with E-state index in [-0.39, 0.29) is 23.5 Å². The summed E-state index contributed by atoms with van der Waals surface area (Å²) in [5.41, 5.74) is 5.35. The molecular weight excluding hydrogens is 327 g/mol. The molecule has 0 aliphatic rings. The number of hydrogen-bond donors (Lipinski definition) is 2. The minimum Gasteiger partial charge on any atom is -0.451 e. The first-order chi connectivity index (χ1) is 12.0. The largest absolute Gasteiger partial charge is 0.451 e. The van der Waals surface area contributed by atoms with Crippen molar-refractivity contribution >= 4 is 17.6 Å². The molecule has 7 nitrogen and oxygen atoms in total. The van der Waals surface area contributed by atoms with E-state index in [1.165, 1.54) is 22.9 Å². The van der Waals surface area contributed by atoms with E-state index >= 15 is 0 Å². The van der Waals surface area contributed by atoms with Gasteiger partial charge in [-0.3, -0.25) is 14.3 Å². The topological polar surface area (TPSA) is 103 Å². The van der Waals surface area contributed by atoms with Crippen LogP contribution in [-0.4, -0.2) is 21.6 Å². The minimum atomic E-state index is -0.511. The molecule has 3 N–H and O–H groups in total. The Hall–Kier alpha value is -3.42. The molecule has 0 fully saturated rings. The number of amides is 2. The zero-order valence-corrected chi connectivity index (χ0v) is 13.1. The van der Waals surface area contributed by atoms with Crippen LogP contribution in [0.2, 0.25) is 0 Å². The van der Waals surface area contributed by atoms with Gasteiger partial charge in [-0.15, -0.1) is 0 Å². The number of nitrogens with two attached hydrogens (primary N) is 1. The maximum Gasteiger partial charge on any atom is 0.292 e. The van der Waals surface area contributed by atoms with Gasteiger partial charge in [0.2, 0.25) is 5.91 Å². The maximum atomic E-state index is 13.8. The van der Waals surface area contributed by atoms with E-state index in [1.807, 2.05) is 0 Å². The van der Waals surface area contributed by atoms with E-state index in [2.05, 4.69) is 10.4 Å². The quantitative estimate of drug-likeness (QED) is 0.718. The standard InChI is InChI=1S/C17H15FN4O3/c18-12-4-2-1-3-11(12)13-5-6-14(25-13)17(24)20-16-8-10-22(21-16)9-7-15(19)23/h1-6,8,10H,7,9H2,(H2,19,23)(H,20,21,24). The Bertz CT molecular complexity index is 916. The predicted molar refractivity (Wildman–Crippen MR) is 88.1 cm³/mol. The van der Waals surface area contributed by atoms with Gasteiger partial charge in [0, 0.05) is 25.2 Å². The number of anilines is 1. The third-order valence-corrected chi connectivity index (χ3v) is 3.44. The van der Waals surface area contributed by atoms with Crippen LogP contribution >= 0.6 is 0 Å². The van der Waals surface area contributed by atoms with Gasteiger partial charge in [-0.25, -0.2) is 4.39 Å². The normalized spacial score (nSPS) is 10.6. The number of hydrogen-bond acceptors (Lipinski definition) is 4. The van der Waals surface area contributed by atoms with Gasteiger partial charge in [0.25, 0.3) is 5.91 Å². The molecule has 25 heavy (non-hydrogen) atoms. The minimum absolute atomic E-state index is 0.0324. The molecule has 0 spiro atoms. The molecule has 8 heteroatoms. The van der Waals surface area contributed by atoms with Gasteiger partial charge in [0.1, 0.15) is 11.6 Å².